The second kappa shape index (κ2) is 5.16. The van der Waals surface area contributed by atoms with Crippen LogP contribution in [0.4, 0.5) is 5.95 Å². The highest BCUT2D eigenvalue weighted by Gasteiger charge is 2.57. The maximum atomic E-state index is 11.9. The lowest BCUT2D eigenvalue weighted by atomic mass is 9.81. The quantitative estimate of drug-likeness (QED) is 0.911. The number of anilines is 1. The van der Waals surface area contributed by atoms with Crippen LogP contribution in [0.1, 0.15) is 36.6 Å². The molecule has 4 rings (SSSR count). The van der Waals surface area contributed by atoms with Crippen molar-refractivity contribution in [2.75, 3.05) is 38.1 Å². The monoisotopic (exact) mass is 316 g/mol. The number of aryl methyl sites for hydroxylation is 1. The number of carboxylic acid groups (broad SMARTS) is 1. The topological polar surface area (TPSA) is 69.6 Å². The minimum atomic E-state index is -0.679. The molecule has 2 aliphatic heterocycles. The fourth-order valence-corrected chi connectivity index (χ4v) is 4.40. The van der Waals surface area contributed by atoms with E-state index in [1.54, 1.807) is 0 Å². The number of carbonyl (C=O) groups is 1. The molecule has 6 heteroatoms. The largest absolute Gasteiger partial charge is 0.481 e. The predicted molar refractivity (Wildman–Crippen MR) is 86.6 cm³/mol. The molecule has 0 radical (unpaired) electrons. The van der Waals surface area contributed by atoms with Gasteiger partial charge in [0.25, 0.3) is 0 Å². The zero-order valence-corrected chi connectivity index (χ0v) is 13.8. The maximum absolute atomic E-state index is 11.9. The predicted octanol–water partition coefficient (Wildman–Crippen LogP) is 1.51. The van der Waals surface area contributed by atoms with Crippen LogP contribution in [0, 0.1) is 18.3 Å². The third-order valence-electron chi connectivity index (χ3n) is 5.87. The van der Waals surface area contributed by atoms with Crippen LogP contribution in [0.3, 0.4) is 0 Å². The van der Waals surface area contributed by atoms with Gasteiger partial charge >= 0.3 is 5.97 Å². The molecular weight excluding hydrogens is 292 g/mol. The highest BCUT2D eigenvalue weighted by atomic mass is 16.4. The van der Waals surface area contributed by atoms with Gasteiger partial charge in [-0.2, -0.15) is 0 Å². The van der Waals surface area contributed by atoms with Gasteiger partial charge in [-0.25, -0.2) is 9.97 Å². The highest BCUT2D eigenvalue weighted by Crippen LogP contribution is 2.43. The molecule has 3 heterocycles. The Balaban J connectivity index is 1.63. The SMILES string of the molecule is Cc1cc(C2CCC2)nc(N2C[C@@H]3CN(C)C[C@]3(C(=O)O)C2)n1. The van der Waals surface area contributed by atoms with Crippen molar-refractivity contribution in [2.24, 2.45) is 11.3 Å². The number of rotatable bonds is 3. The number of hydrogen-bond acceptors (Lipinski definition) is 5. The molecule has 1 saturated carbocycles. The van der Waals surface area contributed by atoms with E-state index >= 15 is 0 Å². The van der Waals surface area contributed by atoms with Crippen LogP contribution in [0.15, 0.2) is 6.07 Å². The lowest BCUT2D eigenvalue weighted by molar-refractivity contribution is -0.148. The van der Waals surface area contributed by atoms with E-state index in [-0.39, 0.29) is 5.92 Å². The van der Waals surface area contributed by atoms with Crippen molar-refractivity contribution in [3.63, 3.8) is 0 Å². The van der Waals surface area contributed by atoms with E-state index < -0.39 is 11.4 Å². The summed E-state index contributed by atoms with van der Waals surface area (Å²) < 4.78 is 0. The maximum Gasteiger partial charge on any atom is 0.313 e. The van der Waals surface area contributed by atoms with Crippen LogP contribution >= 0.6 is 0 Å². The molecule has 23 heavy (non-hydrogen) atoms. The molecule has 0 amide bonds. The zero-order chi connectivity index (χ0) is 16.2. The summed E-state index contributed by atoms with van der Waals surface area (Å²) in [5.41, 5.74) is 1.45. The molecule has 1 aliphatic carbocycles. The Kier molecular flexibility index (Phi) is 3.34. The summed E-state index contributed by atoms with van der Waals surface area (Å²) in [5.74, 6) is 0.768. The number of aliphatic carboxylic acids is 1. The number of aromatic nitrogens is 2. The number of carboxylic acids is 1. The first-order valence-electron chi connectivity index (χ1n) is 8.50. The minimum absolute atomic E-state index is 0.154. The van der Waals surface area contributed by atoms with Crippen molar-refractivity contribution in [1.29, 1.82) is 0 Å². The third kappa shape index (κ3) is 2.31. The summed E-state index contributed by atoms with van der Waals surface area (Å²) in [5, 5.41) is 9.81. The van der Waals surface area contributed by atoms with Crippen LogP contribution in [0.5, 0.6) is 0 Å². The molecule has 1 aromatic heterocycles. The van der Waals surface area contributed by atoms with Crippen molar-refractivity contribution in [2.45, 2.75) is 32.1 Å². The van der Waals surface area contributed by atoms with E-state index in [4.69, 9.17) is 4.98 Å². The van der Waals surface area contributed by atoms with Gasteiger partial charge in [0.05, 0.1) is 0 Å². The van der Waals surface area contributed by atoms with Crippen molar-refractivity contribution in [3.8, 4) is 0 Å². The molecule has 3 aliphatic rings. The molecule has 1 N–H and O–H groups in total. The molecule has 3 fully saturated rings. The molecule has 0 bridgehead atoms. The van der Waals surface area contributed by atoms with Crippen molar-refractivity contribution in [3.05, 3.63) is 17.5 Å². The number of nitrogens with zero attached hydrogens (tertiary/aromatic N) is 4. The zero-order valence-electron chi connectivity index (χ0n) is 13.8. The fourth-order valence-electron chi connectivity index (χ4n) is 4.40. The number of fused-ring (bicyclic) bond motifs is 1. The number of likely N-dealkylation sites (tertiary alicyclic amines) is 1. The Hall–Kier alpha value is -1.69. The van der Waals surface area contributed by atoms with Crippen molar-refractivity contribution in [1.82, 2.24) is 14.9 Å². The molecule has 0 spiro atoms. The smallest absolute Gasteiger partial charge is 0.313 e. The van der Waals surface area contributed by atoms with Gasteiger partial charge in [-0.05, 0) is 32.9 Å². The van der Waals surface area contributed by atoms with Gasteiger partial charge in [0, 0.05) is 49.4 Å². The van der Waals surface area contributed by atoms with E-state index in [1.165, 1.54) is 19.3 Å². The Morgan fingerprint density at radius 1 is 1.30 bits per heavy atom. The van der Waals surface area contributed by atoms with E-state index in [9.17, 15) is 9.90 Å². The second-order valence-electron chi connectivity index (χ2n) is 7.60. The first-order valence-corrected chi connectivity index (χ1v) is 8.50. The molecule has 1 aromatic rings. The Labute approximate surface area is 136 Å². The molecular formula is C17H24N4O2. The summed E-state index contributed by atoms with van der Waals surface area (Å²) in [7, 11) is 2.01. The second-order valence-corrected chi connectivity index (χ2v) is 7.60. The summed E-state index contributed by atoms with van der Waals surface area (Å²) >= 11 is 0. The van der Waals surface area contributed by atoms with Gasteiger partial charge < -0.3 is 14.9 Å². The molecule has 2 atom stereocenters. The van der Waals surface area contributed by atoms with Crippen LogP contribution in [-0.2, 0) is 4.79 Å². The molecule has 6 nitrogen and oxygen atoms in total. The van der Waals surface area contributed by atoms with E-state index in [1.807, 2.05) is 14.0 Å². The van der Waals surface area contributed by atoms with Gasteiger partial charge in [-0.3, -0.25) is 4.79 Å². The summed E-state index contributed by atoms with van der Waals surface area (Å²) in [4.78, 5) is 25.5. The first kappa shape index (κ1) is 14.9. The minimum Gasteiger partial charge on any atom is -0.481 e. The van der Waals surface area contributed by atoms with Gasteiger partial charge in [0.2, 0.25) is 5.95 Å². The average Bonchev–Trinajstić information content (AvgIpc) is 2.89. The Bertz CT molecular complexity index is 645. The normalized spacial score (nSPS) is 31.2. The van der Waals surface area contributed by atoms with Crippen LogP contribution in [0.25, 0.3) is 0 Å². The lowest BCUT2D eigenvalue weighted by Crippen LogP contribution is -2.40. The van der Waals surface area contributed by atoms with Gasteiger partial charge in [-0.1, -0.05) is 6.42 Å². The summed E-state index contributed by atoms with van der Waals surface area (Å²) in [6.07, 6.45) is 3.70. The van der Waals surface area contributed by atoms with Crippen molar-refractivity contribution < 1.29 is 9.90 Å². The molecule has 0 aromatic carbocycles. The molecule has 0 unspecified atom stereocenters. The Morgan fingerprint density at radius 3 is 2.70 bits per heavy atom. The highest BCUT2D eigenvalue weighted by molar-refractivity contribution is 5.78. The standard InChI is InChI=1S/C17H24N4O2/c1-11-6-14(12-4-3-5-12)19-16(18-11)21-8-13-7-20(2)9-17(13,10-21)15(22)23/h6,12-13H,3-5,7-10H2,1-2H3,(H,22,23)/t13-,17-/m0/s1. The third-order valence-corrected chi connectivity index (χ3v) is 5.87. The average molecular weight is 316 g/mol. The van der Waals surface area contributed by atoms with Gasteiger partial charge in [0.15, 0.2) is 0 Å². The lowest BCUT2D eigenvalue weighted by Gasteiger charge is -2.27. The summed E-state index contributed by atoms with van der Waals surface area (Å²) in [6, 6.07) is 2.09. The molecule has 2 saturated heterocycles. The molecule has 124 valence electrons. The van der Waals surface area contributed by atoms with Crippen LogP contribution < -0.4 is 4.90 Å². The number of hydrogen-bond donors (Lipinski definition) is 1. The summed E-state index contributed by atoms with van der Waals surface area (Å²) in [6.45, 7) is 4.72. The van der Waals surface area contributed by atoms with E-state index in [0.717, 1.165) is 30.4 Å². The van der Waals surface area contributed by atoms with Gasteiger partial charge in [0.1, 0.15) is 5.41 Å². The van der Waals surface area contributed by atoms with Gasteiger partial charge in [-0.15, -0.1) is 0 Å². The van der Waals surface area contributed by atoms with Crippen molar-refractivity contribution >= 4 is 11.9 Å². The van der Waals surface area contributed by atoms with E-state index in [2.05, 4.69) is 20.9 Å². The first-order chi connectivity index (χ1) is 11.0. The van der Waals surface area contributed by atoms with Crippen LogP contribution in [-0.4, -0.2) is 59.2 Å². The Morgan fingerprint density at radius 2 is 2.09 bits per heavy atom. The fraction of sp³-hybridized carbons (Fsp3) is 0.706. The van der Waals surface area contributed by atoms with E-state index in [0.29, 0.717) is 19.0 Å². The van der Waals surface area contributed by atoms with Crippen LogP contribution in [0.2, 0.25) is 0 Å².